The first-order valence-electron chi connectivity index (χ1n) is 6.49. The molecule has 3 nitrogen and oxygen atoms in total. The molecule has 0 bridgehead atoms. The minimum Gasteiger partial charge on any atom is -0.493 e. The molecule has 0 aromatic heterocycles. The van der Waals surface area contributed by atoms with Gasteiger partial charge in [0.25, 0.3) is 0 Å². The molecule has 21 heavy (non-hydrogen) atoms. The number of aldehydes is 1. The van der Waals surface area contributed by atoms with Crippen molar-refractivity contribution in [3.05, 3.63) is 57.9 Å². The third kappa shape index (κ3) is 2.85. The number of hydrogen-bond acceptors (Lipinski definition) is 3. The smallest absolute Gasteiger partial charge is 0.153 e. The van der Waals surface area contributed by atoms with Crippen LogP contribution >= 0.6 is 11.6 Å². The standard InChI is InChI=1S/C16H12ClFO3/c17-13-5-10-3-4-20-16(10)12(6-13)9-21-15-2-1-14(18)7-11(15)8-19/h1-2,5-8H,3-4,9H2. The van der Waals surface area contributed by atoms with Gasteiger partial charge in [0.15, 0.2) is 6.29 Å². The monoisotopic (exact) mass is 306 g/mol. The topological polar surface area (TPSA) is 35.5 Å². The second kappa shape index (κ2) is 5.74. The van der Waals surface area contributed by atoms with Gasteiger partial charge in [-0.2, -0.15) is 0 Å². The summed E-state index contributed by atoms with van der Waals surface area (Å²) in [5.74, 6) is 0.642. The number of carbonyl (C=O) groups excluding carboxylic acids is 1. The number of hydrogen-bond donors (Lipinski definition) is 0. The van der Waals surface area contributed by atoms with E-state index in [9.17, 15) is 9.18 Å². The number of rotatable bonds is 4. The van der Waals surface area contributed by atoms with Gasteiger partial charge in [-0.3, -0.25) is 4.79 Å². The van der Waals surface area contributed by atoms with E-state index in [2.05, 4.69) is 0 Å². The highest BCUT2D eigenvalue weighted by Crippen LogP contribution is 2.33. The van der Waals surface area contributed by atoms with Gasteiger partial charge in [-0.25, -0.2) is 4.39 Å². The van der Waals surface area contributed by atoms with Crippen LogP contribution < -0.4 is 9.47 Å². The zero-order valence-electron chi connectivity index (χ0n) is 11.1. The molecule has 0 radical (unpaired) electrons. The predicted molar refractivity (Wildman–Crippen MR) is 76.8 cm³/mol. The summed E-state index contributed by atoms with van der Waals surface area (Å²) < 4.78 is 24.3. The molecule has 0 atom stereocenters. The van der Waals surface area contributed by atoms with Gasteiger partial charge in [-0.15, -0.1) is 0 Å². The van der Waals surface area contributed by atoms with E-state index in [0.717, 1.165) is 29.4 Å². The first-order chi connectivity index (χ1) is 10.2. The Hall–Kier alpha value is -2.07. The Balaban J connectivity index is 1.84. The first-order valence-corrected chi connectivity index (χ1v) is 6.87. The highest BCUT2D eigenvalue weighted by Gasteiger charge is 2.18. The van der Waals surface area contributed by atoms with Crippen LogP contribution in [0.15, 0.2) is 30.3 Å². The summed E-state index contributed by atoms with van der Waals surface area (Å²) >= 11 is 6.07. The maximum atomic E-state index is 13.1. The normalized spacial score (nSPS) is 12.7. The number of benzene rings is 2. The molecule has 2 aromatic rings. The Morgan fingerprint density at radius 2 is 2.19 bits per heavy atom. The van der Waals surface area contributed by atoms with Crippen LogP contribution in [-0.4, -0.2) is 12.9 Å². The van der Waals surface area contributed by atoms with Gasteiger partial charge in [0.1, 0.15) is 23.9 Å². The molecule has 0 spiro atoms. The largest absolute Gasteiger partial charge is 0.493 e. The molecule has 0 saturated heterocycles. The molecule has 0 aliphatic carbocycles. The quantitative estimate of drug-likeness (QED) is 0.806. The fraction of sp³-hybridized carbons (Fsp3) is 0.188. The molecule has 108 valence electrons. The average Bonchev–Trinajstić information content (AvgIpc) is 2.93. The van der Waals surface area contributed by atoms with E-state index in [-0.39, 0.29) is 12.2 Å². The average molecular weight is 307 g/mol. The maximum absolute atomic E-state index is 13.1. The van der Waals surface area contributed by atoms with Crippen LogP contribution in [0.2, 0.25) is 5.02 Å². The van der Waals surface area contributed by atoms with Crippen LogP contribution in [0.1, 0.15) is 21.5 Å². The Labute approximate surface area is 126 Å². The van der Waals surface area contributed by atoms with Crippen molar-refractivity contribution < 1.29 is 18.7 Å². The van der Waals surface area contributed by atoms with Crippen molar-refractivity contribution in [1.29, 1.82) is 0 Å². The lowest BCUT2D eigenvalue weighted by Crippen LogP contribution is -2.01. The second-order valence-corrected chi connectivity index (χ2v) is 5.18. The Morgan fingerprint density at radius 3 is 3.00 bits per heavy atom. The van der Waals surface area contributed by atoms with E-state index < -0.39 is 5.82 Å². The Kier molecular flexibility index (Phi) is 3.80. The van der Waals surface area contributed by atoms with Crippen molar-refractivity contribution in [3.63, 3.8) is 0 Å². The maximum Gasteiger partial charge on any atom is 0.153 e. The zero-order chi connectivity index (χ0) is 14.8. The highest BCUT2D eigenvalue weighted by atomic mass is 35.5. The number of carbonyl (C=O) groups is 1. The predicted octanol–water partition coefficient (Wildman–Crippen LogP) is 3.81. The zero-order valence-corrected chi connectivity index (χ0v) is 11.8. The lowest BCUT2D eigenvalue weighted by Gasteiger charge is -2.12. The summed E-state index contributed by atoms with van der Waals surface area (Å²) in [7, 11) is 0. The van der Waals surface area contributed by atoms with Crippen molar-refractivity contribution in [3.8, 4) is 11.5 Å². The SMILES string of the molecule is O=Cc1cc(F)ccc1OCc1cc(Cl)cc2c1OCC2. The lowest BCUT2D eigenvalue weighted by molar-refractivity contribution is 0.111. The minimum absolute atomic E-state index is 0.176. The molecule has 0 amide bonds. The van der Waals surface area contributed by atoms with Gasteiger partial charge in [0.2, 0.25) is 0 Å². The number of fused-ring (bicyclic) bond motifs is 1. The molecule has 1 heterocycles. The van der Waals surface area contributed by atoms with Crippen molar-refractivity contribution >= 4 is 17.9 Å². The fourth-order valence-corrected chi connectivity index (χ4v) is 2.62. The molecule has 0 unspecified atom stereocenters. The lowest BCUT2D eigenvalue weighted by atomic mass is 10.1. The van der Waals surface area contributed by atoms with Crippen molar-refractivity contribution in [2.24, 2.45) is 0 Å². The van der Waals surface area contributed by atoms with Gasteiger partial charge in [-0.1, -0.05) is 11.6 Å². The summed E-state index contributed by atoms with van der Waals surface area (Å²) in [4.78, 5) is 10.9. The van der Waals surface area contributed by atoms with Crippen molar-refractivity contribution in [2.75, 3.05) is 6.61 Å². The summed E-state index contributed by atoms with van der Waals surface area (Å²) in [6.07, 6.45) is 1.39. The highest BCUT2D eigenvalue weighted by molar-refractivity contribution is 6.30. The van der Waals surface area contributed by atoms with Gasteiger partial charge in [-0.05, 0) is 35.9 Å². The molecule has 2 aromatic carbocycles. The van der Waals surface area contributed by atoms with Crippen molar-refractivity contribution in [2.45, 2.75) is 13.0 Å². The molecule has 0 N–H and O–H groups in total. The third-order valence-corrected chi connectivity index (χ3v) is 3.53. The van der Waals surface area contributed by atoms with Gasteiger partial charge in [0, 0.05) is 17.0 Å². The molecular formula is C16H12ClFO3. The first kappa shape index (κ1) is 13.9. The molecule has 0 fully saturated rings. The summed E-state index contributed by atoms with van der Waals surface area (Å²) in [6.45, 7) is 0.828. The van der Waals surface area contributed by atoms with Crippen LogP contribution in [-0.2, 0) is 13.0 Å². The van der Waals surface area contributed by atoms with E-state index in [1.165, 1.54) is 12.1 Å². The van der Waals surface area contributed by atoms with Crippen LogP contribution in [0.25, 0.3) is 0 Å². The van der Waals surface area contributed by atoms with Crippen LogP contribution in [0.4, 0.5) is 4.39 Å². The third-order valence-electron chi connectivity index (χ3n) is 3.31. The van der Waals surface area contributed by atoms with E-state index in [1.807, 2.05) is 6.07 Å². The molecule has 3 rings (SSSR count). The molecule has 1 aliphatic rings. The fourth-order valence-electron chi connectivity index (χ4n) is 2.35. The molecular weight excluding hydrogens is 295 g/mol. The van der Waals surface area contributed by atoms with E-state index in [4.69, 9.17) is 21.1 Å². The van der Waals surface area contributed by atoms with Crippen LogP contribution in [0, 0.1) is 5.82 Å². The number of ether oxygens (including phenoxy) is 2. The summed E-state index contributed by atoms with van der Waals surface area (Å²) in [5.41, 5.74) is 2.04. The minimum atomic E-state index is -0.476. The van der Waals surface area contributed by atoms with E-state index in [1.54, 1.807) is 6.07 Å². The molecule has 1 aliphatic heterocycles. The number of halogens is 2. The van der Waals surface area contributed by atoms with Crippen LogP contribution in [0.3, 0.4) is 0 Å². The summed E-state index contributed by atoms with van der Waals surface area (Å²) in [6, 6.07) is 7.48. The van der Waals surface area contributed by atoms with Crippen molar-refractivity contribution in [1.82, 2.24) is 0 Å². The van der Waals surface area contributed by atoms with E-state index in [0.29, 0.717) is 23.7 Å². The van der Waals surface area contributed by atoms with Gasteiger partial charge >= 0.3 is 0 Å². The Morgan fingerprint density at radius 1 is 1.33 bits per heavy atom. The second-order valence-electron chi connectivity index (χ2n) is 4.74. The Bertz CT molecular complexity index is 700. The van der Waals surface area contributed by atoms with Crippen LogP contribution in [0.5, 0.6) is 11.5 Å². The van der Waals surface area contributed by atoms with E-state index >= 15 is 0 Å². The van der Waals surface area contributed by atoms with Gasteiger partial charge < -0.3 is 9.47 Å². The summed E-state index contributed by atoms with van der Waals surface area (Å²) in [5, 5.41) is 0.618. The van der Waals surface area contributed by atoms with Gasteiger partial charge in [0.05, 0.1) is 12.2 Å². The molecule has 5 heteroatoms. The molecule has 0 saturated carbocycles.